The van der Waals surface area contributed by atoms with Gasteiger partial charge in [-0.1, -0.05) is 0 Å². The fraction of sp³-hybridized carbons (Fsp3) is 0.692. The van der Waals surface area contributed by atoms with Crippen LogP contribution in [0.3, 0.4) is 0 Å². The topological polar surface area (TPSA) is 54.5 Å². The smallest absolute Gasteiger partial charge is 0.407 e. The minimum atomic E-state index is -0.438. The van der Waals surface area contributed by atoms with Crippen molar-refractivity contribution in [1.82, 2.24) is 10.3 Å². The lowest BCUT2D eigenvalue weighted by molar-refractivity contribution is 0.0520. The number of nitrogens with zero attached hydrogens (tertiary/aromatic N) is 2. The quantitative estimate of drug-likeness (QED) is 0.926. The summed E-state index contributed by atoms with van der Waals surface area (Å²) in [4.78, 5) is 18.1. The lowest BCUT2D eigenvalue weighted by Gasteiger charge is -2.20. The van der Waals surface area contributed by atoms with E-state index in [1.807, 2.05) is 32.3 Å². The van der Waals surface area contributed by atoms with E-state index in [0.717, 1.165) is 24.6 Å². The lowest BCUT2D eigenvalue weighted by Crippen LogP contribution is -2.36. The van der Waals surface area contributed by atoms with Crippen molar-refractivity contribution >= 4 is 22.6 Å². The van der Waals surface area contributed by atoms with E-state index in [2.05, 4.69) is 15.2 Å². The molecular formula is C13H21N3O2S. The SMILES string of the molecule is CC(C)(C)OC(=O)NC[C@@H]1CCN(c2nccs2)C1. The molecule has 0 radical (unpaired) electrons. The summed E-state index contributed by atoms with van der Waals surface area (Å²) in [6.45, 7) is 8.22. The average molecular weight is 283 g/mol. The van der Waals surface area contributed by atoms with Crippen molar-refractivity contribution in [2.24, 2.45) is 5.92 Å². The maximum Gasteiger partial charge on any atom is 0.407 e. The van der Waals surface area contributed by atoms with Crippen molar-refractivity contribution in [2.75, 3.05) is 24.5 Å². The molecule has 1 aromatic rings. The van der Waals surface area contributed by atoms with Gasteiger partial charge in [-0.15, -0.1) is 11.3 Å². The average Bonchev–Trinajstić information content (AvgIpc) is 2.95. The second kappa shape index (κ2) is 5.77. The van der Waals surface area contributed by atoms with Gasteiger partial charge in [0.15, 0.2) is 5.13 Å². The Morgan fingerprint density at radius 1 is 1.63 bits per heavy atom. The summed E-state index contributed by atoms with van der Waals surface area (Å²) in [6, 6.07) is 0. The number of amides is 1. The third kappa shape index (κ3) is 4.38. The Labute approximate surface area is 118 Å². The number of carbonyl (C=O) groups excluding carboxylic acids is 1. The molecule has 0 bridgehead atoms. The fourth-order valence-corrected chi connectivity index (χ4v) is 2.77. The van der Waals surface area contributed by atoms with E-state index in [1.54, 1.807) is 11.3 Å². The van der Waals surface area contributed by atoms with Gasteiger partial charge in [0.1, 0.15) is 5.60 Å². The van der Waals surface area contributed by atoms with Gasteiger partial charge in [-0.3, -0.25) is 0 Å². The molecular weight excluding hydrogens is 262 g/mol. The number of aromatic nitrogens is 1. The summed E-state index contributed by atoms with van der Waals surface area (Å²) in [5.74, 6) is 0.469. The van der Waals surface area contributed by atoms with Crippen LogP contribution < -0.4 is 10.2 Å². The van der Waals surface area contributed by atoms with Gasteiger partial charge in [0.2, 0.25) is 0 Å². The van der Waals surface area contributed by atoms with Gasteiger partial charge in [0.05, 0.1) is 0 Å². The molecule has 2 heterocycles. The van der Waals surface area contributed by atoms with Crippen LogP contribution in [0.15, 0.2) is 11.6 Å². The second-order valence-corrected chi connectivity index (χ2v) is 6.67. The van der Waals surface area contributed by atoms with E-state index < -0.39 is 5.60 Å². The van der Waals surface area contributed by atoms with Crippen molar-refractivity contribution in [3.63, 3.8) is 0 Å². The summed E-state index contributed by atoms with van der Waals surface area (Å²) < 4.78 is 5.22. The van der Waals surface area contributed by atoms with Gasteiger partial charge in [0.25, 0.3) is 0 Å². The molecule has 0 saturated carbocycles. The zero-order valence-corrected chi connectivity index (χ0v) is 12.5. The van der Waals surface area contributed by atoms with E-state index >= 15 is 0 Å². The summed E-state index contributed by atoms with van der Waals surface area (Å²) in [5, 5.41) is 5.90. The minimum absolute atomic E-state index is 0.333. The molecule has 1 atom stereocenters. The third-order valence-corrected chi connectivity index (χ3v) is 3.74. The maximum absolute atomic E-state index is 11.6. The molecule has 0 spiro atoms. The summed E-state index contributed by atoms with van der Waals surface area (Å²) in [5.41, 5.74) is -0.438. The van der Waals surface area contributed by atoms with Crippen LogP contribution in [0.1, 0.15) is 27.2 Å². The number of nitrogens with one attached hydrogen (secondary N) is 1. The summed E-state index contributed by atoms with van der Waals surface area (Å²) in [7, 11) is 0. The molecule has 2 rings (SSSR count). The van der Waals surface area contributed by atoms with Gasteiger partial charge in [-0.05, 0) is 33.1 Å². The van der Waals surface area contributed by atoms with Crippen LogP contribution in [0.5, 0.6) is 0 Å². The van der Waals surface area contributed by atoms with Crippen molar-refractivity contribution < 1.29 is 9.53 Å². The first-order valence-electron chi connectivity index (χ1n) is 6.55. The first-order chi connectivity index (χ1) is 8.94. The van der Waals surface area contributed by atoms with Gasteiger partial charge in [-0.25, -0.2) is 9.78 Å². The van der Waals surface area contributed by atoms with Crippen LogP contribution in [0.4, 0.5) is 9.93 Å². The predicted molar refractivity (Wildman–Crippen MR) is 76.7 cm³/mol. The molecule has 19 heavy (non-hydrogen) atoms. The van der Waals surface area contributed by atoms with Crippen LogP contribution in [0, 0.1) is 5.92 Å². The highest BCUT2D eigenvalue weighted by atomic mass is 32.1. The number of thiazole rings is 1. The zero-order chi connectivity index (χ0) is 13.9. The van der Waals surface area contributed by atoms with Gasteiger partial charge >= 0.3 is 6.09 Å². The fourth-order valence-electron chi connectivity index (χ4n) is 2.09. The Balaban J connectivity index is 1.72. The van der Waals surface area contributed by atoms with Crippen LogP contribution >= 0.6 is 11.3 Å². The van der Waals surface area contributed by atoms with Gasteiger partial charge in [0, 0.05) is 31.2 Å². The molecule has 1 fully saturated rings. The van der Waals surface area contributed by atoms with E-state index in [9.17, 15) is 4.79 Å². The number of hydrogen-bond acceptors (Lipinski definition) is 5. The third-order valence-electron chi connectivity index (χ3n) is 2.91. The molecule has 0 aliphatic carbocycles. The highest BCUT2D eigenvalue weighted by Crippen LogP contribution is 2.25. The molecule has 1 aliphatic heterocycles. The van der Waals surface area contributed by atoms with Crippen molar-refractivity contribution in [2.45, 2.75) is 32.8 Å². The number of hydrogen-bond donors (Lipinski definition) is 1. The first-order valence-corrected chi connectivity index (χ1v) is 7.43. The zero-order valence-electron chi connectivity index (χ0n) is 11.7. The molecule has 1 aliphatic rings. The number of carbonyl (C=O) groups is 1. The number of alkyl carbamates (subject to hydrolysis) is 1. The van der Waals surface area contributed by atoms with Crippen LogP contribution in [0.2, 0.25) is 0 Å². The number of anilines is 1. The van der Waals surface area contributed by atoms with Crippen molar-refractivity contribution in [3.05, 3.63) is 11.6 Å². The molecule has 1 amide bonds. The largest absolute Gasteiger partial charge is 0.444 e. The minimum Gasteiger partial charge on any atom is -0.444 e. The van der Waals surface area contributed by atoms with Crippen LogP contribution in [0.25, 0.3) is 0 Å². The molecule has 6 heteroatoms. The summed E-state index contributed by atoms with van der Waals surface area (Å²) in [6.07, 6.45) is 2.57. The number of rotatable bonds is 3. The van der Waals surface area contributed by atoms with Crippen LogP contribution in [-0.4, -0.2) is 36.3 Å². The van der Waals surface area contributed by atoms with E-state index in [1.165, 1.54) is 0 Å². The van der Waals surface area contributed by atoms with E-state index in [-0.39, 0.29) is 6.09 Å². The Morgan fingerprint density at radius 2 is 2.42 bits per heavy atom. The maximum atomic E-state index is 11.6. The molecule has 1 N–H and O–H groups in total. The Bertz CT molecular complexity index is 414. The van der Waals surface area contributed by atoms with Crippen LogP contribution in [-0.2, 0) is 4.74 Å². The van der Waals surface area contributed by atoms with E-state index in [0.29, 0.717) is 12.5 Å². The Hall–Kier alpha value is -1.30. The van der Waals surface area contributed by atoms with Crippen molar-refractivity contribution in [1.29, 1.82) is 0 Å². The highest BCUT2D eigenvalue weighted by Gasteiger charge is 2.25. The molecule has 1 saturated heterocycles. The molecule has 0 unspecified atom stereocenters. The lowest BCUT2D eigenvalue weighted by atomic mass is 10.1. The molecule has 106 valence electrons. The number of ether oxygens (including phenoxy) is 1. The monoisotopic (exact) mass is 283 g/mol. The second-order valence-electron chi connectivity index (χ2n) is 5.80. The van der Waals surface area contributed by atoms with Gasteiger partial charge in [-0.2, -0.15) is 0 Å². The Morgan fingerprint density at radius 3 is 3.05 bits per heavy atom. The Kier molecular flexibility index (Phi) is 4.29. The van der Waals surface area contributed by atoms with E-state index in [4.69, 9.17) is 4.74 Å². The molecule has 5 nitrogen and oxygen atoms in total. The highest BCUT2D eigenvalue weighted by molar-refractivity contribution is 7.13. The van der Waals surface area contributed by atoms with Crippen molar-refractivity contribution in [3.8, 4) is 0 Å². The van der Waals surface area contributed by atoms with Gasteiger partial charge < -0.3 is 15.0 Å². The normalized spacial score (nSPS) is 19.5. The standard InChI is InChI=1S/C13H21N3O2S/c1-13(2,3)18-12(17)15-8-10-4-6-16(9-10)11-14-5-7-19-11/h5,7,10H,4,6,8-9H2,1-3H3,(H,15,17)/t10-/m0/s1. The molecule has 1 aromatic heterocycles. The predicted octanol–water partition coefficient (Wildman–Crippen LogP) is 2.49. The summed E-state index contributed by atoms with van der Waals surface area (Å²) >= 11 is 1.66. The molecule has 0 aromatic carbocycles. The first kappa shape index (κ1) is 14.1.